The minimum Gasteiger partial charge on any atom is -0.498 e. The smallest absolute Gasteiger partial charge is 0.498 e. The number of fused-ring (bicyclic) bond motifs is 5. The molecule has 11 heteroatoms. The van der Waals surface area contributed by atoms with Crippen molar-refractivity contribution in [2.75, 3.05) is 0 Å². The molecule has 56 heavy (non-hydrogen) atoms. The number of furan rings is 1. The molecule has 0 fully saturated rings. The maximum atomic E-state index is 15.3. The van der Waals surface area contributed by atoms with Crippen molar-refractivity contribution in [3.8, 4) is 34.3 Å². The van der Waals surface area contributed by atoms with Crippen molar-refractivity contribution in [2.24, 2.45) is 6.98 Å². The van der Waals surface area contributed by atoms with Crippen molar-refractivity contribution in [2.45, 2.75) is 26.2 Å². The van der Waals surface area contributed by atoms with Crippen LogP contribution in [0.25, 0.3) is 78.3 Å². The van der Waals surface area contributed by atoms with Gasteiger partial charge in [0.2, 0.25) is 0 Å². The molecule has 10 nitrogen and oxygen atoms in total. The minimum atomic E-state index is -2.54. The summed E-state index contributed by atoms with van der Waals surface area (Å²) in [4.78, 5) is 39.2. The number of pyridine rings is 1. The third kappa shape index (κ3) is 5.35. The molecule has 10 aromatic rings. The molecule has 0 N–H and O–H groups in total. The molecule has 0 spiro atoms. The molecular formula is C45H33N7O3Pt. The molecule has 0 radical (unpaired) electrons. The van der Waals surface area contributed by atoms with Gasteiger partial charge in [0, 0.05) is 52.1 Å². The van der Waals surface area contributed by atoms with Crippen LogP contribution in [0.2, 0.25) is 0 Å². The fourth-order valence-corrected chi connectivity index (χ4v) is 7.40. The first-order valence-corrected chi connectivity index (χ1v) is 17.8. The Hall–Kier alpha value is -6.51. The summed E-state index contributed by atoms with van der Waals surface area (Å²) in [6, 6.07) is 40.3. The summed E-state index contributed by atoms with van der Waals surface area (Å²) < 4.78 is 38.4. The van der Waals surface area contributed by atoms with Gasteiger partial charge in [-0.1, -0.05) is 80.8 Å². The number of nitrogens with zero attached hydrogens (tertiary/aromatic N) is 7. The Kier molecular flexibility index (Phi) is 7.42. The topological polar surface area (TPSA) is 97.7 Å². The molecule has 0 aliphatic rings. The largest absolute Gasteiger partial charge is 2.00 e. The van der Waals surface area contributed by atoms with Gasteiger partial charge in [-0.25, -0.2) is 14.6 Å². The van der Waals surface area contributed by atoms with Gasteiger partial charge in [0.25, 0.3) is 0 Å². The normalized spacial score (nSPS) is 12.9. The van der Waals surface area contributed by atoms with Gasteiger partial charge < -0.3 is 18.1 Å². The molecule has 0 saturated heterocycles. The molecule has 0 saturated carbocycles. The number of hydrogen-bond acceptors (Lipinski definition) is 5. The van der Waals surface area contributed by atoms with E-state index in [-0.39, 0.29) is 43.7 Å². The molecule has 5 heterocycles. The summed E-state index contributed by atoms with van der Waals surface area (Å²) in [5.41, 5.74) is 4.22. The number of para-hydroxylation sites is 3. The van der Waals surface area contributed by atoms with Crippen LogP contribution in [0.5, 0.6) is 0 Å². The predicted molar refractivity (Wildman–Crippen MR) is 215 cm³/mol. The minimum absolute atomic E-state index is 0. The Bertz CT molecular complexity index is 3370. The Morgan fingerprint density at radius 2 is 1.32 bits per heavy atom. The van der Waals surface area contributed by atoms with E-state index in [1.807, 2.05) is 103 Å². The Morgan fingerprint density at radius 3 is 2.00 bits per heavy atom. The van der Waals surface area contributed by atoms with Crippen LogP contribution in [0, 0.1) is 12.1 Å². The number of aromatic nitrogens is 7. The van der Waals surface area contributed by atoms with Crippen LogP contribution in [0.15, 0.2) is 142 Å². The SMILES string of the molecule is [2H]C([2H])([2H])n1ccnc1-c1[c-]c(-n2c(=O)n(-c3ccccc3)c3cc4c([c-]c32)n(-c2cc(C(C)(C)C)ccn2)c(=O)n4-c2ccccc2)c2oc3ccccc3c2c1.[Pt+2]. The molecule has 0 unspecified atom stereocenters. The van der Waals surface area contributed by atoms with Crippen molar-refractivity contribution in [3.05, 3.63) is 166 Å². The van der Waals surface area contributed by atoms with E-state index >= 15 is 4.79 Å². The van der Waals surface area contributed by atoms with E-state index in [0.29, 0.717) is 61.4 Å². The molecule has 0 amide bonds. The van der Waals surface area contributed by atoms with E-state index in [1.165, 1.54) is 21.5 Å². The fourth-order valence-electron chi connectivity index (χ4n) is 7.40. The van der Waals surface area contributed by atoms with Gasteiger partial charge in [-0.3, -0.25) is 14.1 Å². The summed E-state index contributed by atoms with van der Waals surface area (Å²) in [5.74, 6) is 0.534. The second-order valence-corrected chi connectivity index (χ2v) is 14.5. The molecule has 5 aromatic carbocycles. The Balaban J connectivity index is 0.00000449. The average Bonchev–Trinajstić information content (AvgIpc) is 3.98. The standard InChI is InChI=1S/C45H33N7O3.Pt/c1-45(2,3)29-19-20-46-40(25-29)52-37-27-36-34(26-35(37)50(44(52)54)31-15-9-6-10-16-31)49(30-13-7-5-8-14-30)43(53)51(36)38-24-28(42-47-21-22-48(42)4)23-33-32-17-11-12-18-39(32)55-41(33)38;/h5-23,25-26H,1-4H3;/q-2;+2/i4D3;. The molecule has 0 atom stereocenters. The van der Waals surface area contributed by atoms with E-state index in [4.69, 9.17) is 8.53 Å². The summed E-state index contributed by atoms with van der Waals surface area (Å²) in [6.45, 7) is 3.74. The monoisotopic (exact) mass is 917 g/mol. The van der Waals surface area contributed by atoms with Gasteiger partial charge in [-0.2, -0.15) is 0 Å². The van der Waals surface area contributed by atoms with Crippen LogP contribution >= 0.6 is 0 Å². The zero-order valence-corrected chi connectivity index (χ0v) is 32.6. The molecular weight excluding hydrogens is 882 g/mol. The van der Waals surface area contributed by atoms with E-state index in [9.17, 15) is 4.79 Å². The molecule has 276 valence electrons. The zero-order valence-electron chi connectivity index (χ0n) is 33.3. The molecule has 10 rings (SSSR count). The fraction of sp³-hybridized carbons (Fsp3) is 0.111. The maximum absolute atomic E-state index is 15.3. The second-order valence-electron chi connectivity index (χ2n) is 14.5. The van der Waals surface area contributed by atoms with E-state index in [0.717, 1.165) is 15.5 Å². The molecule has 0 aliphatic heterocycles. The third-order valence-corrected chi connectivity index (χ3v) is 10.1. The first kappa shape index (κ1) is 31.8. The second kappa shape index (κ2) is 13.1. The first-order valence-electron chi connectivity index (χ1n) is 19.3. The number of aryl methyl sites for hydroxylation is 1. The zero-order chi connectivity index (χ0) is 40.1. The van der Waals surface area contributed by atoms with Gasteiger partial charge in [-0.15, -0.1) is 29.8 Å². The van der Waals surface area contributed by atoms with Gasteiger partial charge >= 0.3 is 32.4 Å². The average molecular weight is 918 g/mol. The number of hydrogen-bond donors (Lipinski definition) is 0. The maximum Gasteiger partial charge on any atom is 2.00 e. The Morgan fingerprint density at radius 1 is 0.679 bits per heavy atom. The van der Waals surface area contributed by atoms with Crippen molar-refractivity contribution >= 4 is 44.0 Å². The van der Waals surface area contributed by atoms with Gasteiger partial charge in [0.15, 0.2) is 0 Å². The molecule has 5 aromatic heterocycles. The van der Waals surface area contributed by atoms with Crippen LogP contribution < -0.4 is 11.4 Å². The first-order chi connectivity index (χ1) is 27.9. The van der Waals surface area contributed by atoms with Crippen molar-refractivity contribution < 1.29 is 29.6 Å². The summed E-state index contributed by atoms with van der Waals surface area (Å²) in [7, 11) is 0. The summed E-state index contributed by atoms with van der Waals surface area (Å²) in [6.07, 6.45) is 4.51. The van der Waals surface area contributed by atoms with E-state index in [1.54, 1.807) is 21.4 Å². The number of imidazole rings is 3. The summed E-state index contributed by atoms with van der Waals surface area (Å²) >= 11 is 0. The summed E-state index contributed by atoms with van der Waals surface area (Å²) in [5, 5.41) is 1.38. The number of rotatable bonds is 5. The van der Waals surface area contributed by atoms with Crippen molar-refractivity contribution in [1.29, 1.82) is 0 Å². The Labute approximate surface area is 339 Å². The van der Waals surface area contributed by atoms with E-state index in [2.05, 4.69) is 42.9 Å². The van der Waals surface area contributed by atoms with Gasteiger partial charge in [0.1, 0.15) is 11.4 Å². The predicted octanol–water partition coefficient (Wildman–Crippen LogP) is 8.47. The third-order valence-electron chi connectivity index (χ3n) is 10.1. The van der Waals surface area contributed by atoms with Gasteiger partial charge in [-0.05, 0) is 75.5 Å². The van der Waals surface area contributed by atoms with Crippen LogP contribution in [-0.4, -0.2) is 32.8 Å². The van der Waals surface area contributed by atoms with E-state index < -0.39 is 12.7 Å². The molecule has 0 aliphatic carbocycles. The van der Waals surface area contributed by atoms with Crippen LogP contribution in [-0.2, 0) is 33.5 Å². The van der Waals surface area contributed by atoms with Crippen molar-refractivity contribution in [3.63, 3.8) is 0 Å². The van der Waals surface area contributed by atoms with Crippen molar-refractivity contribution in [1.82, 2.24) is 32.8 Å². The van der Waals surface area contributed by atoms with Crippen LogP contribution in [0.1, 0.15) is 30.4 Å². The van der Waals surface area contributed by atoms with Crippen LogP contribution in [0.3, 0.4) is 0 Å². The van der Waals surface area contributed by atoms with Gasteiger partial charge in [0.05, 0.1) is 11.4 Å². The quantitative estimate of drug-likeness (QED) is 0.162. The molecule has 0 bridgehead atoms. The van der Waals surface area contributed by atoms with Crippen LogP contribution in [0.4, 0.5) is 0 Å². The number of benzene rings is 5.